The molecule has 48 valence electrons. The van der Waals surface area contributed by atoms with Crippen LogP contribution in [0.3, 0.4) is 0 Å². The minimum absolute atomic E-state index is 0.657. The second-order valence-electron chi connectivity index (χ2n) is 2.73. The van der Waals surface area contributed by atoms with Gasteiger partial charge >= 0.3 is 0 Å². The summed E-state index contributed by atoms with van der Waals surface area (Å²) < 4.78 is 0. The monoisotopic (exact) mass is 121 g/mol. The highest BCUT2D eigenvalue weighted by Crippen LogP contribution is 2.16. The van der Waals surface area contributed by atoms with E-state index in [1.165, 1.54) is 12.8 Å². The summed E-state index contributed by atoms with van der Waals surface area (Å²) in [6.07, 6.45) is 11.4. The van der Waals surface area contributed by atoms with Crippen molar-refractivity contribution in [1.82, 2.24) is 5.32 Å². The number of fused-ring (bicyclic) bond motifs is 2. The molecule has 1 N–H and O–H groups in total. The van der Waals surface area contributed by atoms with E-state index in [-0.39, 0.29) is 0 Å². The van der Waals surface area contributed by atoms with Crippen molar-refractivity contribution in [2.24, 2.45) is 0 Å². The van der Waals surface area contributed by atoms with E-state index in [0.717, 1.165) is 0 Å². The van der Waals surface area contributed by atoms with Crippen LogP contribution in [0.15, 0.2) is 24.3 Å². The normalized spacial score (nSPS) is 39.1. The molecule has 1 heteroatoms. The van der Waals surface area contributed by atoms with Crippen molar-refractivity contribution >= 4 is 0 Å². The number of hydrogen-bond acceptors (Lipinski definition) is 1. The molecule has 2 heterocycles. The average Bonchev–Trinajstić information content (AvgIpc) is 2.09. The average molecular weight is 121 g/mol. The third kappa shape index (κ3) is 0.924. The first-order valence-electron chi connectivity index (χ1n) is 3.56. The molecule has 9 heavy (non-hydrogen) atoms. The summed E-state index contributed by atoms with van der Waals surface area (Å²) in [5.41, 5.74) is 0. The number of rotatable bonds is 0. The zero-order valence-electron chi connectivity index (χ0n) is 5.38. The zero-order valence-corrected chi connectivity index (χ0v) is 5.38. The van der Waals surface area contributed by atoms with Crippen molar-refractivity contribution in [2.75, 3.05) is 0 Å². The Bertz CT molecular complexity index is 140. The molecule has 0 aromatic carbocycles. The van der Waals surface area contributed by atoms with E-state index in [1.54, 1.807) is 0 Å². The minimum Gasteiger partial charge on any atom is -0.304 e. The predicted octanol–water partition coefficient (Wildman–Crippen LogP) is 1.23. The molecule has 0 aliphatic carbocycles. The van der Waals surface area contributed by atoms with Gasteiger partial charge in [0.1, 0.15) is 0 Å². The molecule has 0 aromatic rings. The van der Waals surface area contributed by atoms with Gasteiger partial charge in [0.05, 0.1) is 0 Å². The maximum absolute atomic E-state index is 3.48. The fourth-order valence-electron chi connectivity index (χ4n) is 1.50. The Labute approximate surface area is 55.5 Å². The second kappa shape index (κ2) is 1.99. The van der Waals surface area contributed by atoms with Gasteiger partial charge in [-0.3, -0.25) is 0 Å². The van der Waals surface area contributed by atoms with E-state index >= 15 is 0 Å². The van der Waals surface area contributed by atoms with Gasteiger partial charge in [0.25, 0.3) is 0 Å². The lowest BCUT2D eigenvalue weighted by molar-refractivity contribution is 0.675. The van der Waals surface area contributed by atoms with E-state index in [0.29, 0.717) is 12.1 Å². The Morgan fingerprint density at radius 3 is 2.11 bits per heavy atom. The number of allylic oxidation sites excluding steroid dienone is 2. The zero-order chi connectivity index (χ0) is 6.10. The lowest BCUT2D eigenvalue weighted by Crippen LogP contribution is -2.24. The molecule has 0 saturated carbocycles. The molecule has 1 nitrogen and oxygen atoms in total. The molecule has 0 aromatic heterocycles. The Balaban J connectivity index is 2.20. The van der Waals surface area contributed by atoms with Gasteiger partial charge in [-0.05, 0) is 12.8 Å². The van der Waals surface area contributed by atoms with Gasteiger partial charge in [0, 0.05) is 12.1 Å². The smallest absolute Gasteiger partial charge is 0.0259 e. The van der Waals surface area contributed by atoms with Crippen LogP contribution in [0.1, 0.15) is 12.8 Å². The van der Waals surface area contributed by atoms with Crippen LogP contribution in [0.5, 0.6) is 0 Å². The van der Waals surface area contributed by atoms with Gasteiger partial charge in [-0.1, -0.05) is 24.3 Å². The third-order valence-electron chi connectivity index (χ3n) is 2.01. The lowest BCUT2D eigenvalue weighted by atomic mass is 10.1. The molecule has 2 aliphatic heterocycles. The molecule has 2 bridgehead atoms. The molecule has 0 spiro atoms. The van der Waals surface area contributed by atoms with Crippen molar-refractivity contribution in [3.63, 3.8) is 0 Å². The fraction of sp³-hybridized carbons (Fsp3) is 0.500. The molecule has 1 saturated heterocycles. The lowest BCUT2D eigenvalue weighted by Gasteiger charge is -2.03. The quantitative estimate of drug-likeness (QED) is 0.508. The minimum atomic E-state index is 0.657. The van der Waals surface area contributed by atoms with E-state index in [2.05, 4.69) is 29.6 Å². The summed E-state index contributed by atoms with van der Waals surface area (Å²) in [5, 5.41) is 3.48. The summed E-state index contributed by atoms with van der Waals surface area (Å²) in [6.45, 7) is 0. The van der Waals surface area contributed by atoms with Crippen molar-refractivity contribution in [3.05, 3.63) is 24.3 Å². The highest BCUT2D eigenvalue weighted by Gasteiger charge is 2.19. The van der Waals surface area contributed by atoms with Crippen molar-refractivity contribution < 1.29 is 0 Å². The molecule has 2 atom stereocenters. The number of nitrogens with one attached hydrogen (secondary N) is 1. The molecule has 2 aliphatic rings. The standard InChI is InChI=1S/C8H11N/c1-2-4-8-6-5-7(3-1)9-8/h1-4,7-9H,5-6H2/t7-,8+. The Hall–Kier alpha value is -0.560. The third-order valence-corrected chi connectivity index (χ3v) is 2.01. The SMILES string of the molecule is C1=C[C@@H]2CC[C@H](C=C1)N2. The van der Waals surface area contributed by atoms with Crippen LogP contribution in [0.4, 0.5) is 0 Å². The van der Waals surface area contributed by atoms with Gasteiger partial charge in [0.2, 0.25) is 0 Å². The van der Waals surface area contributed by atoms with Gasteiger partial charge < -0.3 is 5.32 Å². The van der Waals surface area contributed by atoms with E-state index in [1.807, 2.05) is 0 Å². The highest BCUT2D eigenvalue weighted by atomic mass is 15.0. The first-order valence-corrected chi connectivity index (χ1v) is 3.56. The van der Waals surface area contributed by atoms with E-state index < -0.39 is 0 Å². The summed E-state index contributed by atoms with van der Waals surface area (Å²) in [7, 11) is 0. The Morgan fingerprint density at radius 1 is 1.00 bits per heavy atom. The van der Waals surface area contributed by atoms with Gasteiger partial charge in [-0.2, -0.15) is 0 Å². The van der Waals surface area contributed by atoms with Crippen LogP contribution in [0.25, 0.3) is 0 Å². The predicted molar refractivity (Wildman–Crippen MR) is 38.2 cm³/mol. The maximum Gasteiger partial charge on any atom is 0.0259 e. The van der Waals surface area contributed by atoms with Crippen LogP contribution in [-0.2, 0) is 0 Å². The van der Waals surface area contributed by atoms with Crippen molar-refractivity contribution in [3.8, 4) is 0 Å². The topological polar surface area (TPSA) is 12.0 Å². The van der Waals surface area contributed by atoms with E-state index in [4.69, 9.17) is 0 Å². The molecule has 0 unspecified atom stereocenters. The largest absolute Gasteiger partial charge is 0.304 e. The maximum atomic E-state index is 3.48. The molecule has 2 rings (SSSR count). The molecular weight excluding hydrogens is 110 g/mol. The van der Waals surface area contributed by atoms with Crippen molar-refractivity contribution in [1.29, 1.82) is 0 Å². The summed E-state index contributed by atoms with van der Waals surface area (Å²) in [4.78, 5) is 0. The Kier molecular flexibility index (Phi) is 1.16. The van der Waals surface area contributed by atoms with Crippen LogP contribution in [0, 0.1) is 0 Å². The van der Waals surface area contributed by atoms with Gasteiger partial charge in [0.15, 0.2) is 0 Å². The molecule has 0 radical (unpaired) electrons. The molecular formula is C8H11N. The molecule has 1 fully saturated rings. The summed E-state index contributed by atoms with van der Waals surface area (Å²) in [5.74, 6) is 0. The fourth-order valence-corrected chi connectivity index (χ4v) is 1.50. The molecule has 0 amide bonds. The van der Waals surface area contributed by atoms with Crippen LogP contribution in [-0.4, -0.2) is 12.1 Å². The second-order valence-corrected chi connectivity index (χ2v) is 2.73. The first-order chi connectivity index (χ1) is 4.45. The summed E-state index contributed by atoms with van der Waals surface area (Å²) >= 11 is 0. The van der Waals surface area contributed by atoms with Crippen LogP contribution in [0.2, 0.25) is 0 Å². The van der Waals surface area contributed by atoms with Gasteiger partial charge in [-0.15, -0.1) is 0 Å². The number of hydrogen-bond donors (Lipinski definition) is 1. The van der Waals surface area contributed by atoms with Gasteiger partial charge in [-0.25, -0.2) is 0 Å². The summed E-state index contributed by atoms with van der Waals surface area (Å²) in [6, 6.07) is 1.31. The van der Waals surface area contributed by atoms with E-state index in [9.17, 15) is 0 Å². The highest BCUT2D eigenvalue weighted by molar-refractivity contribution is 5.16. The van der Waals surface area contributed by atoms with Crippen molar-refractivity contribution in [2.45, 2.75) is 24.9 Å². The first kappa shape index (κ1) is 5.24. The van der Waals surface area contributed by atoms with Crippen LogP contribution >= 0.6 is 0 Å². The Morgan fingerprint density at radius 2 is 1.56 bits per heavy atom. The van der Waals surface area contributed by atoms with Crippen LogP contribution < -0.4 is 5.32 Å².